The number of benzene rings is 2. The molecule has 2 aromatic carbocycles. The van der Waals surface area contributed by atoms with E-state index in [1.54, 1.807) is 24.3 Å². The van der Waals surface area contributed by atoms with E-state index >= 15 is 0 Å². The molecule has 2 aromatic rings. The average molecular weight is 289 g/mol. The van der Waals surface area contributed by atoms with Crippen LogP contribution in [-0.4, -0.2) is 16.0 Å². The summed E-state index contributed by atoms with van der Waals surface area (Å²) in [5, 5.41) is 8.98. The number of carbonyl (C=O) groups is 1. The van der Waals surface area contributed by atoms with Crippen LogP contribution in [0.15, 0.2) is 36.4 Å². The standard InChI is InChI=1S/C16H13F2NO2/c17-14-3-1-2-12(15(14)18)8-19-7-11-5-4-10(16(20)21)6-13(11)9-19/h1-6H,7-9H2,(H,20,21). The van der Waals surface area contributed by atoms with Crippen molar-refractivity contribution >= 4 is 5.97 Å². The van der Waals surface area contributed by atoms with Gasteiger partial charge in [0.15, 0.2) is 11.6 Å². The summed E-state index contributed by atoms with van der Waals surface area (Å²) in [4.78, 5) is 12.9. The lowest BCUT2D eigenvalue weighted by Crippen LogP contribution is -2.16. The van der Waals surface area contributed by atoms with Crippen molar-refractivity contribution in [1.29, 1.82) is 0 Å². The number of halogens is 2. The molecule has 3 rings (SSSR count). The molecule has 0 aromatic heterocycles. The molecule has 1 aliphatic heterocycles. The summed E-state index contributed by atoms with van der Waals surface area (Å²) in [5.74, 6) is -2.63. The number of hydrogen-bond donors (Lipinski definition) is 1. The van der Waals surface area contributed by atoms with Crippen LogP contribution >= 0.6 is 0 Å². The molecule has 0 amide bonds. The van der Waals surface area contributed by atoms with Crippen molar-refractivity contribution in [2.24, 2.45) is 0 Å². The zero-order valence-corrected chi connectivity index (χ0v) is 11.1. The first-order valence-electron chi connectivity index (χ1n) is 6.55. The fraction of sp³-hybridized carbons (Fsp3) is 0.188. The van der Waals surface area contributed by atoms with E-state index in [1.807, 2.05) is 4.90 Å². The maximum Gasteiger partial charge on any atom is 0.335 e. The predicted octanol–water partition coefficient (Wildman–Crippen LogP) is 3.18. The van der Waals surface area contributed by atoms with Crippen molar-refractivity contribution in [2.75, 3.05) is 0 Å². The fourth-order valence-corrected chi connectivity index (χ4v) is 2.62. The maximum absolute atomic E-state index is 13.7. The van der Waals surface area contributed by atoms with Crippen LogP contribution in [0.25, 0.3) is 0 Å². The Morgan fingerprint density at radius 3 is 2.67 bits per heavy atom. The molecule has 0 atom stereocenters. The molecule has 0 saturated heterocycles. The summed E-state index contributed by atoms with van der Waals surface area (Å²) in [7, 11) is 0. The van der Waals surface area contributed by atoms with Crippen molar-refractivity contribution in [1.82, 2.24) is 4.90 Å². The molecular formula is C16H13F2NO2. The zero-order chi connectivity index (χ0) is 15.0. The van der Waals surface area contributed by atoms with E-state index in [9.17, 15) is 13.6 Å². The highest BCUT2D eigenvalue weighted by Gasteiger charge is 2.21. The lowest BCUT2D eigenvalue weighted by molar-refractivity contribution is 0.0696. The van der Waals surface area contributed by atoms with Crippen molar-refractivity contribution in [2.45, 2.75) is 19.6 Å². The van der Waals surface area contributed by atoms with Crippen LogP contribution in [0.5, 0.6) is 0 Å². The van der Waals surface area contributed by atoms with Crippen LogP contribution in [0.2, 0.25) is 0 Å². The molecule has 0 fully saturated rings. The van der Waals surface area contributed by atoms with Gasteiger partial charge in [-0.05, 0) is 29.3 Å². The molecule has 0 unspecified atom stereocenters. The smallest absolute Gasteiger partial charge is 0.335 e. The Hall–Kier alpha value is -2.27. The Morgan fingerprint density at radius 2 is 1.90 bits per heavy atom. The second-order valence-electron chi connectivity index (χ2n) is 5.15. The highest BCUT2D eigenvalue weighted by molar-refractivity contribution is 5.87. The van der Waals surface area contributed by atoms with E-state index in [-0.39, 0.29) is 5.56 Å². The van der Waals surface area contributed by atoms with Crippen LogP contribution < -0.4 is 0 Å². The van der Waals surface area contributed by atoms with Gasteiger partial charge < -0.3 is 5.11 Å². The van der Waals surface area contributed by atoms with Crippen LogP contribution in [-0.2, 0) is 19.6 Å². The van der Waals surface area contributed by atoms with E-state index in [0.717, 1.165) is 17.2 Å². The minimum absolute atomic E-state index is 0.243. The largest absolute Gasteiger partial charge is 0.478 e. The monoisotopic (exact) mass is 289 g/mol. The Kier molecular flexibility index (Phi) is 3.43. The van der Waals surface area contributed by atoms with Gasteiger partial charge in [0.2, 0.25) is 0 Å². The van der Waals surface area contributed by atoms with Gasteiger partial charge in [-0.2, -0.15) is 0 Å². The molecule has 0 bridgehead atoms. The van der Waals surface area contributed by atoms with Crippen molar-refractivity contribution in [3.8, 4) is 0 Å². The van der Waals surface area contributed by atoms with Gasteiger partial charge in [0.25, 0.3) is 0 Å². The molecule has 3 nitrogen and oxygen atoms in total. The summed E-state index contributed by atoms with van der Waals surface area (Å²) in [6.07, 6.45) is 0. The SMILES string of the molecule is O=C(O)c1ccc2c(c1)CN(Cc1cccc(F)c1F)C2. The lowest BCUT2D eigenvalue weighted by atomic mass is 10.1. The van der Waals surface area contributed by atoms with Gasteiger partial charge in [-0.25, -0.2) is 13.6 Å². The van der Waals surface area contributed by atoms with E-state index in [1.165, 1.54) is 6.07 Å². The summed E-state index contributed by atoms with van der Waals surface area (Å²) < 4.78 is 26.9. The fourth-order valence-electron chi connectivity index (χ4n) is 2.62. The van der Waals surface area contributed by atoms with E-state index in [2.05, 4.69) is 0 Å². The van der Waals surface area contributed by atoms with Crippen LogP contribution in [0.3, 0.4) is 0 Å². The first-order chi connectivity index (χ1) is 10.0. The minimum Gasteiger partial charge on any atom is -0.478 e. The summed E-state index contributed by atoms with van der Waals surface area (Å²) in [5.41, 5.74) is 2.50. The number of carboxylic acid groups (broad SMARTS) is 1. The number of rotatable bonds is 3. The summed E-state index contributed by atoms with van der Waals surface area (Å²) in [6, 6.07) is 9.12. The zero-order valence-electron chi connectivity index (χ0n) is 11.1. The summed E-state index contributed by atoms with van der Waals surface area (Å²) in [6.45, 7) is 1.43. The predicted molar refractivity (Wildman–Crippen MR) is 72.7 cm³/mol. The lowest BCUT2D eigenvalue weighted by Gasteiger charge is -2.15. The van der Waals surface area contributed by atoms with E-state index in [4.69, 9.17) is 5.11 Å². The molecule has 108 valence electrons. The Labute approximate surface area is 120 Å². The molecule has 0 radical (unpaired) electrons. The number of fused-ring (bicyclic) bond motifs is 1. The second-order valence-corrected chi connectivity index (χ2v) is 5.15. The normalized spacial score (nSPS) is 14.2. The van der Waals surface area contributed by atoms with Gasteiger partial charge in [-0.3, -0.25) is 4.90 Å². The number of aromatic carboxylic acids is 1. The molecule has 0 saturated carbocycles. The highest BCUT2D eigenvalue weighted by Crippen LogP contribution is 2.26. The number of hydrogen-bond acceptors (Lipinski definition) is 2. The number of nitrogens with zero attached hydrogens (tertiary/aromatic N) is 1. The van der Waals surface area contributed by atoms with Crippen molar-refractivity contribution < 1.29 is 18.7 Å². The quantitative estimate of drug-likeness (QED) is 0.943. The third kappa shape index (κ3) is 2.64. The number of carboxylic acids is 1. The summed E-state index contributed by atoms with van der Waals surface area (Å²) >= 11 is 0. The molecule has 1 aliphatic rings. The third-order valence-electron chi connectivity index (χ3n) is 3.67. The van der Waals surface area contributed by atoms with Crippen molar-refractivity contribution in [3.05, 3.63) is 70.3 Å². The minimum atomic E-state index is -0.965. The van der Waals surface area contributed by atoms with Crippen molar-refractivity contribution in [3.63, 3.8) is 0 Å². The Bertz CT molecular complexity index is 715. The van der Waals surface area contributed by atoms with Gasteiger partial charge in [0.05, 0.1) is 5.56 Å². The van der Waals surface area contributed by atoms with Crippen LogP contribution in [0.4, 0.5) is 8.78 Å². The molecule has 5 heteroatoms. The van der Waals surface area contributed by atoms with Crippen LogP contribution in [0, 0.1) is 11.6 Å². The average Bonchev–Trinajstić information content (AvgIpc) is 2.85. The first-order valence-corrected chi connectivity index (χ1v) is 6.55. The van der Waals surface area contributed by atoms with Gasteiger partial charge in [0.1, 0.15) is 0 Å². The molecule has 1 N–H and O–H groups in total. The first kappa shape index (κ1) is 13.7. The Balaban J connectivity index is 1.79. The van der Waals surface area contributed by atoms with Crippen LogP contribution in [0.1, 0.15) is 27.0 Å². The highest BCUT2D eigenvalue weighted by atomic mass is 19.2. The van der Waals surface area contributed by atoms with Gasteiger partial charge in [-0.15, -0.1) is 0 Å². The van der Waals surface area contributed by atoms with E-state index < -0.39 is 17.6 Å². The third-order valence-corrected chi connectivity index (χ3v) is 3.67. The Morgan fingerprint density at radius 1 is 1.14 bits per heavy atom. The molecule has 0 aliphatic carbocycles. The molecule has 0 spiro atoms. The van der Waals surface area contributed by atoms with E-state index in [0.29, 0.717) is 25.2 Å². The maximum atomic E-state index is 13.7. The van der Waals surface area contributed by atoms with Gasteiger partial charge >= 0.3 is 5.97 Å². The van der Waals surface area contributed by atoms with Gasteiger partial charge in [-0.1, -0.05) is 18.2 Å². The van der Waals surface area contributed by atoms with Gasteiger partial charge in [0, 0.05) is 25.2 Å². The topological polar surface area (TPSA) is 40.5 Å². The molecule has 21 heavy (non-hydrogen) atoms. The molecule has 1 heterocycles. The molecular weight excluding hydrogens is 276 g/mol. The second kappa shape index (κ2) is 5.26.